The van der Waals surface area contributed by atoms with E-state index in [2.05, 4.69) is 18.0 Å². The van der Waals surface area contributed by atoms with Crippen LogP contribution in [0.2, 0.25) is 0 Å². The maximum atomic E-state index is 12.6. The van der Waals surface area contributed by atoms with Gasteiger partial charge in [-0.2, -0.15) is 5.26 Å². The van der Waals surface area contributed by atoms with Gasteiger partial charge in [-0.05, 0) is 18.6 Å². The van der Waals surface area contributed by atoms with E-state index in [1.807, 2.05) is 29.2 Å². The summed E-state index contributed by atoms with van der Waals surface area (Å²) in [7, 11) is 0. The van der Waals surface area contributed by atoms with Gasteiger partial charge in [0.1, 0.15) is 5.69 Å². The van der Waals surface area contributed by atoms with Crippen LogP contribution in [0.25, 0.3) is 11.0 Å². The Bertz CT molecular complexity index is 843. The van der Waals surface area contributed by atoms with E-state index in [4.69, 9.17) is 14.5 Å². The van der Waals surface area contributed by atoms with Crippen molar-refractivity contribution in [1.82, 2.24) is 9.97 Å². The fourth-order valence-corrected chi connectivity index (χ4v) is 3.22. The molecule has 0 bridgehead atoms. The molecule has 0 aliphatic carbocycles. The number of esters is 1. The normalized spacial score (nSPS) is 15.2. The Morgan fingerprint density at radius 1 is 1.21 bits per heavy atom. The lowest BCUT2D eigenvalue weighted by atomic mass is 10.1. The molecule has 0 unspecified atom stereocenters. The van der Waals surface area contributed by atoms with Crippen LogP contribution in [0.3, 0.4) is 0 Å². The SMILES string of the molecule is CCCCCCOC(=O)[C@H](C#N)c1nc2ccccc2nc1N1CCOCC1. The first-order valence-electron chi connectivity index (χ1n) is 9.90. The molecule has 7 heteroatoms. The van der Waals surface area contributed by atoms with E-state index in [1.54, 1.807) is 0 Å². The number of nitrogens with zero attached hydrogens (tertiary/aromatic N) is 4. The number of anilines is 1. The van der Waals surface area contributed by atoms with E-state index in [1.165, 1.54) is 0 Å². The van der Waals surface area contributed by atoms with Gasteiger partial charge in [-0.3, -0.25) is 4.79 Å². The lowest BCUT2D eigenvalue weighted by molar-refractivity contribution is -0.144. The molecule has 1 saturated heterocycles. The van der Waals surface area contributed by atoms with E-state index < -0.39 is 11.9 Å². The third kappa shape index (κ3) is 4.76. The van der Waals surface area contributed by atoms with Gasteiger partial charge in [-0.1, -0.05) is 38.3 Å². The van der Waals surface area contributed by atoms with Crippen LogP contribution in [-0.4, -0.2) is 48.8 Å². The molecular formula is C21H26N4O3. The topological polar surface area (TPSA) is 88.3 Å². The van der Waals surface area contributed by atoms with Crippen molar-refractivity contribution < 1.29 is 14.3 Å². The van der Waals surface area contributed by atoms with Crippen LogP contribution < -0.4 is 4.90 Å². The summed E-state index contributed by atoms with van der Waals surface area (Å²) < 4.78 is 10.8. The molecule has 3 rings (SSSR count). The van der Waals surface area contributed by atoms with Crippen LogP contribution in [0.5, 0.6) is 0 Å². The van der Waals surface area contributed by atoms with E-state index in [0.29, 0.717) is 49.9 Å². The zero-order valence-corrected chi connectivity index (χ0v) is 16.3. The second kappa shape index (κ2) is 10.00. The minimum Gasteiger partial charge on any atom is -0.464 e. The molecular weight excluding hydrogens is 356 g/mol. The van der Waals surface area contributed by atoms with E-state index >= 15 is 0 Å². The third-order valence-corrected chi connectivity index (χ3v) is 4.77. The van der Waals surface area contributed by atoms with E-state index in [9.17, 15) is 10.1 Å². The highest BCUT2D eigenvalue weighted by atomic mass is 16.5. The quantitative estimate of drug-likeness (QED) is 0.512. The lowest BCUT2D eigenvalue weighted by Gasteiger charge is -2.29. The van der Waals surface area contributed by atoms with Crippen molar-refractivity contribution in [3.8, 4) is 6.07 Å². The van der Waals surface area contributed by atoms with Gasteiger partial charge in [0.25, 0.3) is 0 Å². The third-order valence-electron chi connectivity index (χ3n) is 4.77. The molecule has 2 aromatic rings. The summed E-state index contributed by atoms with van der Waals surface area (Å²) in [6.07, 6.45) is 4.04. The smallest absolute Gasteiger partial charge is 0.329 e. The van der Waals surface area contributed by atoms with E-state index in [-0.39, 0.29) is 0 Å². The highest BCUT2D eigenvalue weighted by Crippen LogP contribution is 2.28. The monoisotopic (exact) mass is 382 g/mol. The summed E-state index contributed by atoms with van der Waals surface area (Å²) in [6, 6.07) is 9.55. The fourth-order valence-electron chi connectivity index (χ4n) is 3.22. The van der Waals surface area contributed by atoms with E-state index in [0.717, 1.165) is 31.2 Å². The van der Waals surface area contributed by atoms with Gasteiger partial charge in [0.15, 0.2) is 11.7 Å². The summed E-state index contributed by atoms with van der Waals surface area (Å²) in [4.78, 5) is 24.0. The maximum Gasteiger partial charge on any atom is 0.329 e. The second-order valence-corrected chi connectivity index (χ2v) is 6.81. The average Bonchev–Trinajstić information content (AvgIpc) is 2.74. The van der Waals surface area contributed by atoms with Crippen LogP contribution >= 0.6 is 0 Å². The van der Waals surface area contributed by atoms with Crippen molar-refractivity contribution in [3.63, 3.8) is 0 Å². The predicted octanol–water partition coefficient (Wildman–Crippen LogP) is 3.20. The zero-order chi connectivity index (χ0) is 19.8. The highest BCUT2D eigenvalue weighted by molar-refractivity contribution is 5.85. The molecule has 0 amide bonds. The number of rotatable bonds is 8. The summed E-state index contributed by atoms with van der Waals surface area (Å²) in [6.45, 7) is 4.89. The first kappa shape index (κ1) is 20.0. The maximum absolute atomic E-state index is 12.6. The molecule has 1 aliphatic heterocycles. The first-order chi connectivity index (χ1) is 13.7. The summed E-state index contributed by atoms with van der Waals surface area (Å²) in [5.74, 6) is -1.09. The Labute approximate surface area is 165 Å². The summed E-state index contributed by atoms with van der Waals surface area (Å²) >= 11 is 0. The van der Waals surface area contributed by atoms with Gasteiger partial charge in [0, 0.05) is 13.1 Å². The van der Waals surface area contributed by atoms with Crippen LogP contribution in [0.4, 0.5) is 5.82 Å². The number of fused-ring (bicyclic) bond motifs is 1. The molecule has 0 saturated carbocycles. The number of para-hydroxylation sites is 2. The average molecular weight is 382 g/mol. The van der Waals surface area contributed by atoms with Crippen molar-refractivity contribution in [2.24, 2.45) is 0 Å². The van der Waals surface area contributed by atoms with Crippen LogP contribution in [0.1, 0.15) is 44.2 Å². The molecule has 0 radical (unpaired) electrons. The largest absolute Gasteiger partial charge is 0.464 e. The second-order valence-electron chi connectivity index (χ2n) is 6.81. The van der Waals surface area contributed by atoms with Gasteiger partial charge in [-0.15, -0.1) is 0 Å². The predicted molar refractivity (Wildman–Crippen MR) is 106 cm³/mol. The van der Waals surface area contributed by atoms with Gasteiger partial charge < -0.3 is 14.4 Å². The van der Waals surface area contributed by atoms with Gasteiger partial charge in [-0.25, -0.2) is 9.97 Å². The number of hydrogen-bond donors (Lipinski definition) is 0. The van der Waals surface area contributed by atoms with Crippen LogP contribution in [-0.2, 0) is 14.3 Å². The lowest BCUT2D eigenvalue weighted by Crippen LogP contribution is -2.38. The Hall–Kier alpha value is -2.72. The molecule has 1 aliphatic rings. The Morgan fingerprint density at radius 3 is 2.61 bits per heavy atom. The molecule has 1 aromatic heterocycles. The Morgan fingerprint density at radius 2 is 1.93 bits per heavy atom. The number of morpholine rings is 1. The number of carbonyl (C=O) groups excluding carboxylic acids is 1. The minimum atomic E-state index is -1.10. The van der Waals surface area contributed by atoms with Gasteiger partial charge in [0.2, 0.25) is 0 Å². The van der Waals surface area contributed by atoms with Gasteiger partial charge >= 0.3 is 5.97 Å². The first-order valence-corrected chi connectivity index (χ1v) is 9.90. The van der Waals surface area contributed by atoms with Crippen molar-refractivity contribution in [2.45, 2.75) is 38.5 Å². The Balaban J connectivity index is 1.87. The number of aromatic nitrogens is 2. The highest BCUT2D eigenvalue weighted by Gasteiger charge is 2.30. The fraction of sp³-hybridized carbons (Fsp3) is 0.524. The molecule has 1 atom stereocenters. The molecule has 2 heterocycles. The van der Waals surface area contributed by atoms with Crippen molar-refractivity contribution in [3.05, 3.63) is 30.0 Å². The summed E-state index contributed by atoms with van der Waals surface area (Å²) in [5, 5.41) is 9.72. The number of nitriles is 1. The molecule has 148 valence electrons. The molecule has 1 aromatic carbocycles. The van der Waals surface area contributed by atoms with Crippen LogP contribution in [0.15, 0.2) is 24.3 Å². The molecule has 0 spiro atoms. The number of benzene rings is 1. The standard InChI is InChI=1S/C21H26N4O3/c1-2-3-4-7-12-28-21(26)16(15-22)19-20(25-10-13-27-14-11-25)24-18-9-6-5-8-17(18)23-19/h5-6,8-9,16H,2-4,7,10-14H2,1H3/t16-/m1/s1. The number of hydrogen-bond acceptors (Lipinski definition) is 7. The molecule has 28 heavy (non-hydrogen) atoms. The number of unbranched alkanes of at least 4 members (excludes halogenated alkanes) is 3. The number of carbonyl (C=O) groups is 1. The van der Waals surface area contributed by atoms with Crippen molar-refractivity contribution in [1.29, 1.82) is 5.26 Å². The van der Waals surface area contributed by atoms with Crippen LogP contribution in [0, 0.1) is 11.3 Å². The van der Waals surface area contributed by atoms with Crippen molar-refractivity contribution >= 4 is 22.8 Å². The Kier molecular flexibility index (Phi) is 7.15. The zero-order valence-electron chi connectivity index (χ0n) is 16.3. The van der Waals surface area contributed by atoms with Crippen molar-refractivity contribution in [2.75, 3.05) is 37.8 Å². The summed E-state index contributed by atoms with van der Waals surface area (Å²) in [5.41, 5.74) is 1.75. The van der Waals surface area contributed by atoms with Gasteiger partial charge in [0.05, 0.1) is 36.9 Å². The minimum absolute atomic E-state index is 0.324. The molecule has 0 N–H and O–H groups in total. The number of ether oxygens (including phenoxy) is 2. The molecule has 1 fully saturated rings. The molecule has 7 nitrogen and oxygen atoms in total.